The molecule has 0 bridgehead atoms. The van der Waals surface area contributed by atoms with Crippen LogP contribution in [0, 0.1) is 0 Å². The first-order valence-electron chi connectivity index (χ1n) is 4.91. The molecule has 0 aliphatic rings. The number of nitrogens with one attached hydrogen (secondary N) is 1. The normalized spacial score (nSPS) is 15.1. The van der Waals surface area contributed by atoms with Crippen molar-refractivity contribution in [2.45, 2.75) is 12.6 Å². The van der Waals surface area contributed by atoms with Crippen LogP contribution >= 0.6 is 0 Å². The molecule has 3 heteroatoms. The van der Waals surface area contributed by atoms with Gasteiger partial charge in [-0.3, -0.25) is 5.32 Å². The maximum absolute atomic E-state index is 9.98. The lowest BCUT2D eigenvalue weighted by atomic mass is 10.1. The van der Waals surface area contributed by atoms with Crippen LogP contribution in [-0.4, -0.2) is 17.1 Å². The molecule has 0 aliphatic heterocycles. The Morgan fingerprint density at radius 1 is 1.20 bits per heavy atom. The van der Waals surface area contributed by atoms with E-state index in [-0.39, 0.29) is 0 Å². The van der Waals surface area contributed by atoms with Gasteiger partial charge in [0.25, 0.3) is 0 Å². The van der Waals surface area contributed by atoms with Crippen molar-refractivity contribution in [3.63, 3.8) is 0 Å². The summed E-state index contributed by atoms with van der Waals surface area (Å²) < 4.78 is 0. The average molecular weight is 202 g/mol. The second kappa shape index (κ2) is 3.61. The maximum atomic E-state index is 9.98. The van der Waals surface area contributed by atoms with Crippen LogP contribution in [0.4, 0.5) is 0 Å². The van der Waals surface area contributed by atoms with Crippen molar-refractivity contribution in [3.05, 3.63) is 42.1 Å². The van der Waals surface area contributed by atoms with E-state index in [2.05, 4.69) is 10.3 Å². The molecule has 1 aromatic carbocycles. The largest absolute Gasteiger partial charge is 0.370 e. The number of nitrogens with zero attached hydrogens (tertiary/aromatic N) is 1. The van der Waals surface area contributed by atoms with Crippen molar-refractivity contribution >= 4 is 10.9 Å². The third-order valence-electron chi connectivity index (χ3n) is 2.58. The van der Waals surface area contributed by atoms with Crippen molar-refractivity contribution in [3.8, 4) is 0 Å². The minimum absolute atomic E-state index is 0.628. The highest BCUT2D eigenvalue weighted by Gasteiger charge is 2.21. The fraction of sp³-hybridized carbons (Fsp3) is 0.250. The number of fused-ring (bicyclic) bond motifs is 1. The van der Waals surface area contributed by atoms with E-state index in [9.17, 15) is 5.11 Å². The van der Waals surface area contributed by atoms with Gasteiger partial charge >= 0.3 is 0 Å². The summed E-state index contributed by atoms with van der Waals surface area (Å²) in [7, 11) is 1.71. The molecular weight excluding hydrogens is 188 g/mol. The Bertz CT molecular complexity index is 480. The minimum atomic E-state index is -1.08. The first kappa shape index (κ1) is 10.1. The predicted molar refractivity (Wildman–Crippen MR) is 60.4 cm³/mol. The number of para-hydroxylation sites is 1. The lowest BCUT2D eigenvalue weighted by Crippen LogP contribution is -2.37. The number of pyridine rings is 1. The second-order valence-corrected chi connectivity index (χ2v) is 3.71. The van der Waals surface area contributed by atoms with Crippen molar-refractivity contribution in [2.24, 2.45) is 0 Å². The van der Waals surface area contributed by atoms with E-state index in [4.69, 9.17) is 0 Å². The summed E-state index contributed by atoms with van der Waals surface area (Å²) >= 11 is 0. The van der Waals surface area contributed by atoms with Crippen molar-refractivity contribution in [1.29, 1.82) is 0 Å². The molecule has 1 heterocycles. The predicted octanol–water partition coefficient (Wildman–Crippen LogP) is 1.62. The minimum Gasteiger partial charge on any atom is -0.370 e. The average Bonchev–Trinajstić information content (AvgIpc) is 2.28. The van der Waals surface area contributed by atoms with Gasteiger partial charge in [0, 0.05) is 5.39 Å². The summed E-state index contributed by atoms with van der Waals surface area (Å²) in [5.74, 6) is 0. The standard InChI is InChI=1S/C12H14N2O/c1-12(15,13-2)11-8-7-9-5-3-4-6-10(9)14-11/h3-8,13,15H,1-2H3. The number of benzene rings is 1. The molecule has 0 saturated carbocycles. The van der Waals surface area contributed by atoms with Crippen molar-refractivity contribution < 1.29 is 5.11 Å². The first-order valence-corrected chi connectivity index (χ1v) is 4.91. The fourth-order valence-corrected chi connectivity index (χ4v) is 1.47. The number of hydrogen-bond acceptors (Lipinski definition) is 3. The van der Waals surface area contributed by atoms with Gasteiger partial charge in [0.15, 0.2) is 5.72 Å². The zero-order valence-corrected chi connectivity index (χ0v) is 8.86. The van der Waals surface area contributed by atoms with Crippen LogP contribution in [0.15, 0.2) is 36.4 Å². The molecule has 1 aromatic heterocycles. The van der Waals surface area contributed by atoms with E-state index in [1.54, 1.807) is 14.0 Å². The van der Waals surface area contributed by atoms with Gasteiger partial charge in [0.2, 0.25) is 0 Å². The molecular formula is C12H14N2O. The molecule has 0 spiro atoms. The zero-order valence-electron chi connectivity index (χ0n) is 8.86. The van der Waals surface area contributed by atoms with Crippen LogP contribution in [0.3, 0.4) is 0 Å². The smallest absolute Gasteiger partial charge is 0.156 e. The topological polar surface area (TPSA) is 45.1 Å². The van der Waals surface area contributed by atoms with Crippen LogP contribution in [-0.2, 0) is 5.72 Å². The van der Waals surface area contributed by atoms with Crippen LogP contribution in [0.1, 0.15) is 12.6 Å². The molecule has 0 amide bonds. The SMILES string of the molecule is CNC(C)(O)c1ccc2ccccc2n1. The second-order valence-electron chi connectivity index (χ2n) is 3.71. The summed E-state index contributed by atoms with van der Waals surface area (Å²) in [5.41, 5.74) is 0.443. The highest BCUT2D eigenvalue weighted by Crippen LogP contribution is 2.18. The highest BCUT2D eigenvalue weighted by atomic mass is 16.3. The molecule has 0 aliphatic carbocycles. The molecule has 0 radical (unpaired) electrons. The number of rotatable bonds is 2. The third kappa shape index (κ3) is 1.84. The molecule has 3 nitrogen and oxygen atoms in total. The Hall–Kier alpha value is -1.45. The Morgan fingerprint density at radius 2 is 1.93 bits per heavy atom. The number of aromatic nitrogens is 1. The van der Waals surface area contributed by atoms with E-state index in [1.807, 2.05) is 36.4 Å². The Balaban J connectivity index is 2.56. The van der Waals surface area contributed by atoms with Crippen LogP contribution in [0.25, 0.3) is 10.9 Å². The summed E-state index contributed by atoms with van der Waals surface area (Å²) in [4.78, 5) is 4.41. The maximum Gasteiger partial charge on any atom is 0.156 e. The van der Waals surface area contributed by atoms with Crippen LogP contribution in [0.2, 0.25) is 0 Å². The van der Waals surface area contributed by atoms with Gasteiger partial charge in [-0.25, -0.2) is 4.98 Å². The van der Waals surface area contributed by atoms with Crippen LogP contribution < -0.4 is 5.32 Å². The first-order chi connectivity index (χ1) is 7.13. The molecule has 2 aromatic rings. The summed E-state index contributed by atoms with van der Waals surface area (Å²) in [6.45, 7) is 1.68. The fourth-order valence-electron chi connectivity index (χ4n) is 1.47. The lowest BCUT2D eigenvalue weighted by Gasteiger charge is -2.21. The number of hydrogen-bond donors (Lipinski definition) is 2. The molecule has 1 atom stereocenters. The monoisotopic (exact) mass is 202 g/mol. The molecule has 0 saturated heterocycles. The molecule has 2 N–H and O–H groups in total. The number of aliphatic hydroxyl groups is 1. The zero-order chi connectivity index (χ0) is 10.9. The van der Waals surface area contributed by atoms with Gasteiger partial charge in [-0.2, -0.15) is 0 Å². The van der Waals surface area contributed by atoms with E-state index in [1.165, 1.54) is 0 Å². The summed E-state index contributed by atoms with van der Waals surface area (Å²) in [5, 5.41) is 13.9. The molecule has 2 rings (SSSR count). The molecule has 1 unspecified atom stereocenters. The van der Waals surface area contributed by atoms with E-state index in [0.29, 0.717) is 5.69 Å². The molecule has 0 fully saturated rings. The van der Waals surface area contributed by atoms with E-state index >= 15 is 0 Å². The summed E-state index contributed by atoms with van der Waals surface area (Å²) in [6, 6.07) is 11.6. The Morgan fingerprint density at radius 3 is 2.67 bits per heavy atom. The molecule has 78 valence electrons. The Labute approximate surface area is 88.8 Å². The summed E-state index contributed by atoms with van der Waals surface area (Å²) in [6.07, 6.45) is 0. The van der Waals surface area contributed by atoms with Gasteiger partial charge < -0.3 is 5.11 Å². The van der Waals surface area contributed by atoms with E-state index < -0.39 is 5.72 Å². The van der Waals surface area contributed by atoms with Crippen molar-refractivity contribution in [2.75, 3.05) is 7.05 Å². The van der Waals surface area contributed by atoms with Gasteiger partial charge in [0.1, 0.15) is 0 Å². The lowest BCUT2D eigenvalue weighted by molar-refractivity contribution is 0.0241. The van der Waals surface area contributed by atoms with Gasteiger partial charge in [-0.1, -0.05) is 24.3 Å². The Kier molecular flexibility index (Phi) is 2.42. The van der Waals surface area contributed by atoms with Gasteiger partial charge in [-0.15, -0.1) is 0 Å². The van der Waals surface area contributed by atoms with Crippen molar-refractivity contribution in [1.82, 2.24) is 10.3 Å². The van der Waals surface area contributed by atoms with E-state index in [0.717, 1.165) is 10.9 Å². The third-order valence-corrected chi connectivity index (χ3v) is 2.58. The molecule has 15 heavy (non-hydrogen) atoms. The quantitative estimate of drug-likeness (QED) is 0.727. The highest BCUT2D eigenvalue weighted by molar-refractivity contribution is 5.78. The van der Waals surface area contributed by atoms with Gasteiger partial charge in [-0.05, 0) is 26.1 Å². The van der Waals surface area contributed by atoms with Crippen LogP contribution in [0.5, 0.6) is 0 Å². The van der Waals surface area contributed by atoms with Gasteiger partial charge in [0.05, 0.1) is 11.2 Å².